The number of hydrogen-bond acceptors (Lipinski definition) is 4. The van der Waals surface area contributed by atoms with E-state index in [1.54, 1.807) is 0 Å². The van der Waals surface area contributed by atoms with Crippen LogP contribution in [0.25, 0.3) is 0 Å². The van der Waals surface area contributed by atoms with Gasteiger partial charge < -0.3 is 19.5 Å². The maximum absolute atomic E-state index is 5.90. The Bertz CT molecular complexity index is 836. The van der Waals surface area contributed by atoms with Gasteiger partial charge in [-0.3, -0.25) is 0 Å². The van der Waals surface area contributed by atoms with E-state index in [9.17, 15) is 0 Å². The molecule has 0 unspecified atom stereocenters. The lowest BCUT2D eigenvalue weighted by Crippen LogP contribution is -2.06. The molecule has 3 rings (SSSR count). The third-order valence-electron chi connectivity index (χ3n) is 4.18. The lowest BCUT2D eigenvalue weighted by Gasteiger charge is -2.11. The van der Waals surface area contributed by atoms with Crippen LogP contribution in [0.4, 0.5) is 5.69 Å². The molecule has 0 fully saturated rings. The van der Waals surface area contributed by atoms with Crippen LogP contribution in [0.2, 0.25) is 0 Å². The first-order valence-electron chi connectivity index (χ1n) is 9.63. The molecule has 4 heteroatoms. The van der Waals surface area contributed by atoms with Gasteiger partial charge in [0.1, 0.15) is 24.7 Å². The zero-order valence-electron chi connectivity index (χ0n) is 16.3. The van der Waals surface area contributed by atoms with E-state index in [2.05, 4.69) is 29.6 Å². The highest BCUT2D eigenvalue weighted by atomic mass is 16.5. The van der Waals surface area contributed by atoms with Crippen molar-refractivity contribution in [1.29, 1.82) is 0 Å². The van der Waals surface area contributed by atoms with Gasteiger partial charge in [0.2, 0.25) is 0 Å². The first-order valence-corrected chi connectivity index (χ1v) is 9.63. The fourth-order valence-corrected chi connectivity index (χ4v) is 2.75. The van der Waals surface area contributed by atoms with E-state index in [-0.39, 0.29) is 0 Å². The topological polar surface area (TPSA) is 39.7 Å². The van der Waals surface area contributed by atoms with Crippen LogP contribution < -0.4 is 14.8 Å². The molecule has 28 heavy (non-hydrogen) atoms. The van der Waals surface area contributed by atoms with E-state index in [4.69, 9.17) is 14.2 Å². The molecule has 0 bridgehead atoms. The van der Waals surface area contributed by atoms with Crippen molar-refractivity contribution in [3.8, 4) is 11.5 Å². The molecule has 0 saturated carbocycles. The van der Waals surface area contributed by atoms with E-state index >= 15 is 0 Å². The Morgan fingerprint density at radius 2 is 1.46 bits per heavy atom. The molecule has 0 aliphatic rings. The molecule has 146 valence electrons. The Morgan fingerprint density at radius 1 is 0.714 bits per heavy atom. The Labute approximate surface area is 167 Å². The number of rotatable bonds is 11. The van der Waals surface area contributed by atoms with Gasteiger partial charge in [0, 0.05) is 24.9 Å². The van der Waals surface area contributed by atoms with Crippen LogP contribution in [-0.4, -0.2) is 19.8 Å². The monoisotopic (exact) mass is 377 g/mol. The maximum Gasteiger partial charge on any atom is 0.121 e. The summed E-state index contributed by atoms with van der Waals surface area (Å²) in [4.78, 5) is 0. The van der Waals surface area contributed by atoms with Gasteiger partial charge in [-0.25, -0.2) is 0 Å². The molecule has 0 aliphatic heterocycles. The summed E-state index contributed by atoms with van der Waals surface area (Å²) >= 11 is 0. The first kappa shape index (κ1) is 19.8. The minimum atomic E-state index is 0.561. The van der Waals surface area contributed by atoms with Crippen molar-refractivity contribution < 1.29 is 14.2 Å². The number of anilines is 1. The van der Waals surface area contributed by atoms with Gasteiger partial charge in [-0.2, -0.15) is 0 Å². The lowest BCUT2D eigenvalue weighted by molar-refractivity contribution is 0.110. The van der Waals surface area contributed by atoms with E-state index in [1.165, 1.54) is 0 Å². The van der Waals surface area contributed by atoms with Crippen LogP contribution in [0.3, 0.4) is 0 Å². The smallest absolute Gasteiger partial charge is 0.121 e. The van der Waals surface area contributed by atoms with Gasteiger partial charge in [-0.1, -0.05) is 48.5 Å². The SMILES string of the molecule is CCOCCOc1cccc(CNc2cccc(OCc3ccccc3)c2)c1. The van der Waals surface area contributed by atoms with Gasteiger partial charge in [0.25, 0.3) is 0 Å². The van der Waals surface area contributed by atoms with Gasteiger partial charge in [-0.05, 0) is 42.3 Å². The number of ether oxygens (including phenoxy) is 3. The summed E-state index contributed by atoms with van der Waals surface area (Å²) < 4.78 is 16.9. The van der Waals surface area contributed by atoms with Gasteiger partial charge >= 0.3 is 0 Å². The van der Waals surface area contributed by atoms with Crippen LogP contribution in [-0.2, 0) is 17.9 Å². The Kier molecular flexibility index (Phi) is 7.77. The summed E-state index contributed by atoms with van der Waals surface area (Å²) in [5, 5.41) is 3.44. The third kappa shape index (κ3) is 6.63. The van der Waals surface area contributed by atoms with Crippen molar-refractivity contribution in [2.75, 3.05) is 25.1 Å². The summed E-state index contributed by atoms with van der Waals surface area (Å²) in [6.45, 7) is 5.13. The van der Waals surface area contributed by atoms with Crippen LogP contribution in [0.5, 0.6) is 11.5 Å². The molecule has 0 saturated heterocycles. The molecule has 0 heterocycles. The van der Waals surface area contributed by atoms with Crippen LogP contribution in [0, 0.1) is 0 Å². The zero-order chi connectivity index (χ0) is 19.4. The predicted molar refractivity (Wildman–Crippen MR) is 113 cm³/mol. The Hall–Kier alpha value is -2.98. The number of hydrogen-bond donors (Lipinski definition) is 1. The van der Waals surface area contributed by atoms with Crippen molar-refractivity contribution in [3.63, 3.8) is 0 Å². The zero-order valence-corrected chi connectivity index (χ0v) is 16.3. The molecule has 0 amide bonds. The minimum absolute atomic E-state index is 0.561. The molecule has 3 aromatic carbocycles. The molecule has 0 spiro atoms. The highest BCUT2D eigenvalue weighted by Gasteiger charge is 2.01. The summed E-state index contributed by atoms with van der Waals surface area (Å²) in [7, 11) is 0. The number of benzene rings is 3. The summed E-state index contributed by atoms with van der Waals surface area (Å²) in [5.41, 5.74) is 3.33. The molecule has 1 N–H and O–H groups in total. The largest absolute Gasteiger partial charge is 0.491 e. The lowest BCUT2D eigenvalue weighted by atomic mass is 10.2. The van der Waals surface area contributed by atoms with Crippen LogP contribution in [0.15, 0.2) is 78.9 Å². The van der Waals surface area contributed by atoms with Crippen molar-refractivity contribution >= 4 is 5.69 Å². The van der Waals surface area contributed by atoms with Crippen LogP contribution >= 0.6 is 0 Å². The van der Waals surface area contributed by atoms with Crippen molar-refractivity contribution in [3.05, 3.63) is 90.0 Å². The quantitative estimate of drug-likeness (QED) is 0.461. The molecule has 4 nitrogen and oxygen atoms in total. The van der Waals surface area contributed by atoms with Gasteiger partial charge in [-0.15, -0.1) is 0 Å². The van der Waals surface area contributed by atoms with Crippen LogP contribution in [0.1, 0.15) is 18.1 Å². The molecule has 0 atom stereocenters. The van der Waals surface area contributed by atoms with Crippen molar-refractivity contribution in [1.82, 2.24) is 0 Å². The highest BCUT2D eigenvalue weighted by molar-refractivity contribution is 5.48. The Morgan fingerprint density at radius 3 is 2.29 bits per heavy atom. The Balaban J connectivity index is 1.50. The van der Waals surface area contributed by atoms with Crippen molar-refractivity contribution in [2.24, 2.45) is 0 Å². The number of nitrogens with one attached hydrogen (secondary N) is 1. The maximum atomic E-state index is 5.90. The molecule has 3 aromatic rings. The normalized spacial score (nSPS) is 10.5. The van der Waals surface area contributed by atoms with Gasteiger partial charge in [0.05, 0.1) is 6.61 Å². The minimum Gasteiger partial charge on any atom is -0.491 e. The molecule has 0 aliphatic carbocycles. The van der Waals surface area contributed by atoms with Crippen molar-refractivity contribution in [2.45, 2.75) is 20.1 Å². The molecular weight excluding hydrogens is 350 g/mol. The summed E-state index contributed by atoms with van der Waals surface area (Å²) in [6.07, 6.45) is 0. The molecule has 0 aromatic heterocycles. The molecule has 0 radical (unpaired) electrons. The average molecular weight is 377 g/mol. The predicted octanol–water partition coefficient (Wildman–Crippen LogP) is 5.29. The fraction of sp³-hybridized carbons (Fsp3) is 0.250. The second kappa shape index (κ2) is 11.0. The standard InChI is InChI=1S/C24H27NO3/c1-2-26-14-15-27-23-12-6-10-21(16-23)18-25-22-11-7-13-24(17-22)28-19-20-8-4-3-5-9-20/h3-13,16-17,25H,2,14-15,18-19H2,1H3. The summed E-state index contributed by atoms with van der Waals surface area (Å²) in [6, 6.07) is 26.3. The van der Waals surface area contributed by atoms with E-state index in [0.29, 0.717) is 33.0 Å². The third-order valence-corrected chi connectivity index (χ3v) is 4.18. The average Bonchev–Trinajstić information content (AvgIpc) is 2.75. The van der Waals surface area contributed by atoms with E-state index < -0.39 is 0 Å². The second-order valence-corrected chi connectivity index (χ2v) is 6.35. The fourth-order valence-electron chi connectivity index (χ4n) is 2.75. The molecular formula is C24H27NO3. The second-order valence-electron chi connectivity index (χ2n) is 6.35. The van der Waals surface area contributed by atoms with E-state index in [1.807, 2.05) is 61.5 Å². The highest BCUT2D eigenvalue weighted by Crippen LogP contribution is 2.20. The summed E-state index contributed by atoms with van der Waals surface area (Å²) in [5.74, 6) is 1.71. The van der Waals surface area contributed by atoms with Gasteiger partial charge in [0.15, 0.2) is 0 Å². The first-order chi connectivity index (χ1) is 13.8. The van der Waals surface area contributed by atoms with E-state index in [0.717, 1.165) is 28.3 Å².